The van der Waals surface area contributed by atoms with E-state index in [4.69, 9.17) is 4.84 Å². The molecule has 22 heavy (non-hydrogen) atoms. The smallest absolute Gasteiger partial charge is 0.313 e. The fourth-order valence-electron chi connectivity index (χ4n) is 1.65. The van der Waals surface area contributed by atoms with Gasteiger partial charge < -0.3 is 4.84 Å². The van der Waals surface area contributed by atoms with Crippen LogP contribution in [-0.4, -0.2) is 22.9 Å². The van der Waals surface area contributed by atoms with Gasteiger partial charge in [-0.05, 0) is 36.8 Å². The van der Waals surface area contributed by atoms with Gasteiger partial charge in [0.05, 0.1) is 21.1 Å². The van der Waals surface area contributed by atoms with E-state index >= 15 is 0 Å². The lowest BCUT2D eigenvalue weighted by Gasteiger charge is -2.01. The van der Waals surface area contributed by atoms with Crippen LogP contribution >= 0.6 is 23.1 Å². The fourth-order valence-corrected chi connectivity index (χ4v) is 3.40. The molecule has 0 atom stereocenters. The minimum atomic E-state index is -0.656. The molecule has 1 aromatic carbocycles. The van der Waals surface area contributed by atoms with Crippen molar-refractivity contribution in [2.75, 3.05) is 6.26 Å². The molecule has 2 aromatic rings. The van der Waals surface area contributed by atoms with Crippen LogP contribution in [0.1, 0.15) is 22.2 Å². The van der Waals surface area contributed by atoms with Crippen molar-refractivity contribution in [3.63, 3.8) is 0 Å². The fraction of sp³-hybridized carbons (Fsp3) is 0.143. The van der Waals surface area contributed by atoms with Crippen LogP contribution in [0.15, 0.2) is 45.8 Å². The molecule has 0 amide bonds. The molecule has 1 heterocycles. The van der Waals surface area contributed by atoms with Crippen molar-refractivity contribution >= 4 is 40.5 Å². The normalized spacial score (nSPS) is 11.3. The molecular formula is C14H12N2O4S2. The quantitative estimate of drug-likeness (QED) is 0.271. The molecule has 0 saturated heterocycles. The number of rotatable bonds is 5. The van der Waals surface area contributed by atoms with Crippen LogP contribution in [0.25, 0.3) is 0 Å². The Balaban J connectivity index is 2.08. The average molecular weight is 336 g/mol. The molecule has 0 aliphatic rings. The van der Waals surface area contributed by atoms with Gasteiger partial charge in [0.15, 0.2) is 0 Å². The Bertz CT molecular complexity index is 723. The highest BCUT2D eigenvalue weighted by molar-refractivity contribution is 7.98. The molecule has 2 rings (SSSR count). The largest absolute Gasteiger partial charge is 0.365 e. The summed E-state index contributed by atoms with van der Waals surface area (Å²) in [5, 5.41) is 16.3. The second-order valence-corrected chi connectivity index (χ2v) is 5.94. The van der Waals surface area contributed by atoms with Gasteiger partial charge in [0.1, 0.15) is 0 Å². The summed E-state index contributed by atoms with van der Waals surface area (Å²) in [5.41, 5.74) is 0.729. The van der Waals surface area contributed by atoms with Gasteiger partial charge >= 0.3 is 5.97 Å². The van der Waals surface area contributed by atoms with Gasteiger partial charge in [-0.2, -0.15) is 0 Å². The number of carbonyl (C=O) groups excluding carboxylic acids is 1. The van der Waals surface area contributed by atoms with Crippen molar-refractivity contribution in [2.45, 2.75) is 11.8 Å². The van der Waals surface area contributed by atoms with Crippen molar-refractivity contribution in [1.82, 2.24) is 0 Å². The molecule has 0 fully saturated rings. The van der Waals surface area contributed by atoms with Crippen molar-refractivity contribution < 1.29 is 14.6 Å². The van der Waals surface area contributed by atoms with Crippen LogP contribution < -0.4 is 0 Å². The lowest BCUT2D eigenvalue weighted by atomic mass is 10.2. The number of nitro groups is 1. The highest BCUT2D eigenvalue weighted by atomic mass is 32.2. The van der Waals surface area contributed by atoms with Gasteiger partial charge in [0.2, 0.25) is 0 Å². The molecule has 6 nitrogen and oxygen atoms in total. The van der Waals surface area contributed by atoms with E-state index in [1.807, 2.05) is 17.7 Å². The predicted octanol–water partition coefficient (Wildman–Crippen LogP) is 3.96. The first kappa shape index (κ1) is 16.2. The first-order valence-electron chi connectivity index (χ1n) is 6.15. The van der Waals surface area contributed by atoms with Gasteiger partial charge in [-0.15, -0.1) is 23.1 Å². The number of non-ortho nitro benzene ring substituents is 1. The summed E-state index contributed by atoms with van der Waals surface area (Å²) in [4.78, 5) is 28.8. The molecule has 8 heteroatoms. The zero-order valence-corrected chi connectivity index (χ0v) is 13.4. The number of nitrogens with zero attached hydrogens (tertiary/aromatic N) is 2. The molecule has 0 radical (unpaired) electrons. The van der Waals surface area contributed by atoms with Gasteiger partial charge in [-0.25, -0.2) is 4.79 Å². The van der Waals surface area contributed by atoms with E-state index in [1.165, 1.54) is 35.6 Å². The van der Waals surface area contributed by atoms with E-state index in [2.05, 4.69) is 5.16 Å². The van der Waals surface area contributed by atoms with Crippen LogP contribution in [0.3, 0.4) is 0 Å². The Morgan fingerprint density at radius 1 is 1.32 bits per heavy atom. The molecular weight excluding hydrogens is 324 g/mol. The SMILES string of the molecule is CSc1ccsc1/C(C)=N/OC(=O)c1ccc([N+](=O)[O-])cc1. The van der Waals surface area contributed by atoms with Gasteiger partial charge in [-0.3, -0.25) is 10.1 Å². The Labute approximate surface area is 134 Å². The van der Waals surface area contributed by atoms with E-state index < -0.39 is 10.9 Å². The first-order valence-corrected chi connectivity index (χ1v) is 8.25. The van der Waals surface area contributed by atoms with Crippen LogP contribution in [0, 0.1) is 10.1 Å². The summed E-state index contributed by atoms with van der Waals surface area (Å²) >= 11 is 3.11. The van der Waals surface area contributed by atoms with Crippen molar-refractivity contribution in [1.29, 1.82) is 0 Å². The third kappa shape index (κ3) is 3.71. The molecule has 0 saturated carbocycles. The number of oxime groups is 1. The van der Waals surface area contributed by atoms with Gasteiger partial charge in [0.25, 0.3) is 5.69 Å². The maximum atomic E-state index is 11.9. The van der Waals surface area contributed by atoms with E-state index in [0.29, 0.717) is 5.71 Å². The Hall–Kier alpha value is -2.19. The second-order valence-electron chi connectivity index (χ2n) is 4.18. The second kappa shape index (κ2) is 7.19. The zero-order valence-electron chi connectivity index (χ0n) is 11.8. The van der Waals surface area contributed by atoms with Crippen LogP contribution in [0.4, 0.5) is 5.69 Å². The summed E-state index contributed by atoms with van der Waals surface area (Å²) in [6.07, 6.45) is 1.96. The molecule has 0 bridgehead atoms. The number of thioether (sulfide) groups is 1. The summed E-state index contributed by atoms with van der Waals surface area (Å²) in [6.45, 7) is 1.76. The Morgan fingerprint density at radius 2 is 2.00 bits per heavy atom. The van der Waals surface area contributed by atoms with Gasteiger partial charge in [0, 0.05) is 17.0 Å². The zero-order chi connectivity index (χ0) is 16.1. The third-order valence-corrected chi connectivity index (χ3v) is 4.69. The highest BCUT2D eigenvalue weighted by Crippen LogP contribution is 2.26. The number of hydrogen-bond acceptors (Lipinski definition) is 7. The minimum Gasteiger partial charge on any atom is -0.313 e. The summed E-state index contributed by atoms with van der Waals surface area (Å²) in [6, 6.07) is 7.14. The number of carbonyl (C=O) groups is 1. The third-order valence-electron chi connectivity index (χ3n) is 2.76. The molecule has 0 spiro atoms. The van der Waals surface area contributed by atoms with Crippen molar-refractivity contribution in [3.8, 4) is 0 Å². The maximum absolute atomic E-state index is 11.9. The standard InChI is InChI=1S/C14H12N2O4S2/c1-9(13-12(21-2)7-8-22-13)15-20-14(17)10-3-5-11(6-4-10)16(18)19/h3-8H,1-2H3/b15-9+. The number of thiophene rings is 1. The summed E-state index contributed by atoms with van der Waals surface area (Å²) in [5.74, 6) is -0.656. The van der Waals surface area contributed by atoms with Crippen LogP contribution in [0.2, 0.25) is 0 Å². The lowest BCUT2D eigenvalue weighted by molar-refractivity contribution is -0.384. The van der Waals surface area contributed by atoms with Gasteiger partial charge in [-0.1, -0.05) is 5.16 Å². The molecule has 0 unspecified atom stereocenters. The number of benzene rings is 1. The molecule has 1 aromatic heterocycles. The Morgan fingerprint density at radius 3 is 2.59 bits per heavy atom. The van der Waals surface area contributed by atoms with Crippen molar-refractivity contribution in [3.05, 3.63) is 56.3 Å². The molecule has 114 valence electrons. The Kier molecular flexibility index (Phi) is 5.29. The molecule has 0 N–H and O–H groups in total. The monoisotopic (exact) mass is 336 g/mol. The summed E-state index contributed by atoms with van der Waals surface area (Å²) in [7, 11) is 0. The van der Waals surface area contributed by atoms with E-state index in [9.17, 15) is 14.9 Å². The van der Waals surface area contributed by atoms with Crippen LogP contribution in [0.5, 0.6) is 0 Å². The number of nitro benzene ring substituents is 1. The summed E-state index contributed by atoms with van der Waals surface area (Å²) < 4.78 is 0. The molecule has 0 aliphatic carbocycles. The first-order chi connectivity index (χ1) is 10.5. The van der Waals surface area contributed by atoms with Crippen LogP contribution in [-0.2, 0) is 4.84 Å². The molecule has 0 aliphatic heterocycles. The van der Waals surface area contributed by atoms with E-state index in [0.717, 1.165) is 9.77 Å². The highest BCUT2D eigenvalue weighted by Gasteiger charge is 2.12. The van der Waals surface area contributed by atoms with Crippen molar-refractivity contribution in [2.24, 2.45) is 5.16 Å². The minimum absolute atomic E-state index is 0.0839. The lowest BCUT2D eigenvalue weighted by Crippen LogP contribution is -2.03. The topological polar surface area (TPSA) is 81.8 Å². The predicted molar refractivity (Wildman–Crippen MR) is 86.8 cm³/mol. The average Bonchev–Trinajstić information content (AvgIpc) is 3.01. The van der Waals surface area contributed by atoms with E-state index in [-0.39, 0.29) is 11.3 Å². The maximum Gasteiger partial charge on any atom is 0.365 e. The van der Waals surface area contributed by atoms with E-state index in [1.54, 1.807) is 18.7 Å². The number of hydrogen-bond donors (Lipinski definition) is 0.